The zero-order valence-corrected chi connectivity index (χ0v) is 11.0. The van der Waals surface area contributed by atoms with Crippen molar-refractivity contribution in [1.82, 2.24) is 25.2 Å². The molecule has 3 rings (SSSR count). The fourth-order valence-corrected chi connectivity index (χ4v) is 2.11. The molecule has 0 radical (unpaired) electrons. The van der Waals surface area contributed by atoms with Gasteiger partial charge in [0.15, 0.2) is 0 Å². The SMILES string of the molecule is Cn1nnc(NC(=O)CCc2c[nH]c3ccccc23)n1. The van der Waals surface area contributed by atoms with E-state index in [1.54, 1.807) is 7.05 Å². The smallest absolute Gasteiger partial charge is 0.270 e. The summed E-state index contributed by atoms with van der Waals surface area (Å²) in [6.07, 6.45) is 2.98. The molecule has 0 aliphatic rings. The van der Waals surface area contributed by atoms with Crippen molar-refractivity contribution in [2.24, 2.45) is 7.05 Å². The van der Waals surface area contributed by atoms with Crippen LogP contribution in [0.5, 0.6) is 0 Å². The molecule has 102 valence electrons. The second-order valence-corrected chi connectivity index (χ2v) is 4.51. The van der Waals surface area contributed by atoms with Crippen molar-refractivity contribution in [2.75, 3.05) is 5.32 Å². The number of aromatic nitrogens is 5. The number of amides is 1. The van der Waals surface area contributed by atoms with Crippen LogP contribution in [0, 0.1) is 0 Å². The van der Waals surface area contributed by atoms with Crippen LogP contribution in [0.2, 0.25) is 0 Å². The third-order valence-corrected chi connectivity index (χ3v) is 3.06. The van der Waals surface area contributed by atoms with E-state index in [-0.39, 0.29) is 11.9 Å². The minimum Gasteiger partial charge on any atom is -0.361 e. The molecule has 0 atom stereocenters. The summed E-state index contributed by atoms with van der Waals surface area (Å²) in [7, 11) is 1.65. The molecule has 0 spiro atoms. The Labute approximate surface area is 115 Å². The second-order valence-electron chi connectivity index (χ2n) is 4.51. The number of tetrazole rings is 1. The maximum absolute atomic E-state index is 11.8. The van der Waals surface area contributed by atoms with Gasteiger partial charge in [0.2, 0.25) is 5.91 Å². The van der Waals surface area contributed by atoms with E-state index < -0.39 is 0 Å². The lowest BCUT2D eigenvalue weighted by atomic mass is 10.1. The highest BCUT2D eigenvalue weighted by molar-refractivity contribution is 5.90. The van der Waals surface area contributed by atoms with Gasteiger partial charge in [-0.2, -0.15) is 4.80 Å². The number of H-pyrrole nitrogens is 1. The number of carbonyl (C=O) groups is 1. The van der Waals surface area contributed by atoms with Gasteiger partial charge in [-0.25, -0.2) is 0 Å². The lowest BCUT2D eigenvalue weighted by Gasteiger charge is -2.00. The monoisotopic (exact) mass is 270 g/mol. The van der Waals surface area contributed by atoms with Crippen molar-refractivity contribution in [3.05, 3.63) is 36.0 Å². The van der Waals surface area contributed by atoms with Gasteiger partial charge in [-0.1, -0.05) is 23.3 Å². The molecule has 0 saturated heterocycles. The lowest BCUT2D eigenvalue weighted by Crippen LogP contribution is -2.13. The van der Waals surface area contributed by atoms with Crippen LogP contribution in [-0.4, -0.2) is 31.1 Å². The van der Waals surface area contributed by atoms with E-state index in [0.29, 0.717) is 12.8 Å². The minimum atomic E-state index is -0.122. The van der Waals surface area contributed by atoms with Gasteiger partial charge in [0, 0.05) is 23.5 Å². The summed E-state index contributed by atoms with van der Waals surface area (Å²) < 4.78 is 0. The van der Waals surface area contributed by atoms with Crippen LogP contribution >= 0.6 is 0 Å². The molecule has 2 aromatic heterocycles. The molecule has 0 aliphatic carbocycles. The fraction of sp³-hybridized carbons (Fsp3) is 0.231. The molecule has 7 nitrogen and oxygen atoms in total. The first-order valence-electron chi connectivity index (χ1n) is 6.31. The summed E-state index contributed by atoms with van der Waals surface area (Å²) in [5.74, 6) is 0.111. The van der Waals surface area contributed by atoms with E-state index in [4.69, 9.17) is 0 Å². The van der Waals surface area contributed by atoms with Crippen LogP contribution in [0.25, 0.3) is 10.9 Å². The molecule has 0 fully saturated rings. The maximum atomic E-state index is 11.8. The first kappa shape index (κ1) is 12.3. The zero-order valence-electron chi connectivity index (χ0n) is 11.0. The van der Waals surface area contributed by atoms with Gasteiger partial charge in [0.1, 0.15) is 0 Å². The summed E-state index contributed by atoms with van der Waals surface area (Å²) in [4.78, 5) is 16.3. The highest BCUT2D eigenvalue weighted by Gasteiger charge is 2.09. The number of aromatic amines is 1. The molecule has 2 N–H and O–H groups in total. The molecular weight excluding hydrogens is 256 g/mol. The van der Waals surface area contributed by atoms with Gasteiger partial charge in [-0.05, 0) is 23.3 Å². The molecule has 20 heavy (non-hydrogen) atoms. The number of para-hydroxylation sites is 1. The van der Waals surface area contributed by atoms with Crippen LogP contribution in [0.15, 0.2) is 30.5 Å². The van der Waals surface area contributed by atoms with E-state index >= 15 is 0 Å². The van der Waals surface area contributed by atoms with Crippen LogP contribution < -0.4 is 5.32 Å². The molecular formula is C13H14N6O. The van der Waals surface area contributed by atoms with Gasteiger partial charge in [0.05, 0.1) is 7.05 Å². The van der Waals surface area contributed by atoms with Crippen molar-refractivity contribution in [3.8, 4) is 0 Å². The molecule has 0 aliphatic heterocycles. The maximum Gasteiger partial charge on any atom is 0.270 e. The average molecular weight is 270 g/mol. The predicted octanol–water partition coefficient (Wildman–Crippen LogP) is 1.26. The number of carbonyl (C=O) groups excluding carboxylic acids is 1. The Morgan fingerprint density at radius 1 is 1.40 bits per heavy atom. The van der Waals surface area contributed by atoms with Crippen LogP contribution in [0.4, 0.5) is 5.95 Å². The Morgan fingerprint density at radius 3 is 3.05 bits per heavy atom. The molecule has 7 heteroatoms. The summed E-state index contributed by atoms with van der Waals surface area (Å²) in [6, 6.07) is 8.03. The van der Waals surface area contributed by atoms with E-state index in [1.165, 1.54) is 4.80 Å². The Bertz CT molecular complexity index is 744. The molecule has 1 aromatic carbocycles. The summed E-state index contributed by atoms with van der Waals surface area (Å²) >= 11 is 0. The fourth-order valence-electron chi connectivity index (χ4n) is 2.11. The molecule has 2 heterocycles. The molecule has 0 bridgehead atoms. The number of nitrogens with zero attached hydrogens (tertiary/aromatic N) is 4. The number of anilines is 1. The number of fused-ring (bicyclic) bond motifs is 1. The van der Waals surface area contributed by atoms with E-state index in [9.17, 15) is 4.79 Å². The predicted molar refractivity (Wildman–Crippen MR) is 74.0 cm³/mol. The number of aryl methyl sites for hydroxylation is 2. The van der Waals surface area contributed by atoms with Crippen molar-refractivity contribution in [1.29, 1.82) is 0 Å². The standard InChI is InChI=1S/C13H14N6O/c1-19-17-13(16-18-19)15-12(20)7-6-9-8-14-11-5-3-2-4-10(9)11/h2-5,8,14H,6-7H2,1H3,(H,15,17,20). The highest BCUT2D eigenvalue weighted by atomic mass is 16.1. The number of hydrogen-bond donors (Lipinski definition) is 2. The zero-order chi connectivity index (χ0) is 13.9. The van der Waals surface area contributed by atoms with Crippen molar-refractivity contribution in [3.63, 3.8) is 0 Å². The number of rotatable bonds is 4. The first-order valence-corrected chi connectivity index (χ1v) is 6.31. The van der Waals surface area contributed by atoms with Crippen LogP contribution in [0.1, 0.15) is 12.0 Å². The first-order chi connectivity index (χ1) is 9.72. The van der Waals surface area contributed by atoms with Gasteiger partial charge < -0.3 is 4.98 Å². The Morgan fingerprint density at radius 2 is 2.25 bits per heavy atom. The Kier molecular flexibility index (Phi) is 3.16. The third-order valence-electron chi connectivity index (χ3n) is 3.06. The third kappa shape index (κ3) is 2.51. The second kappa shape index (κ2) is 5.12. The van der Waals surface area contributed by atoms with Crippen LogP contribution in [-0.2, 0) is 18.3 Å². The number of benzene rings is 1. The van der Waals surface area contributed by atoms with Crippen molar-refractivity contribution < 1.29 is 4.79 Å². The molecule has 1 amide bonds. The lowest BCUT2D eigenvalue weighted by molar-refractivity contribution is -0.116. The number of nitrogens with one attached hydrogen (secondary N) is 2. The molecule has 0 saturated carbocycles. The average Bonchev–Trinajstić information content (AvgIpc) is 3.03. The topological polar surface area (TPSA) is 88.5 Å². The Hall–Kier alpha value is -2.70. The quantitative estimate of drug-likeness (QED) is 0.747. The van der Waals surface area contributed by atoms with Gasteiger partial charge in [0.25, 0.3) is 5.95 Å². The van der Waals surface area contributed by atoms with Gasteiger partial charge in [-0.15, -0.1) is 5.10 Å². The summed E-state index contributed by atoms with van der Waals surface area (Å²) in [5, 5.41) is 15.0. The van der Waals surface area contributed by atoms with Crippen molar-refractivity contribution >= 4 is 22.8 Å². The normalized spacial score (nSPS) is 10.8. The van der Waals surface area contributed by atoms with E-state index in [1.807, 2.05) is 30.5 Å². The van der Waals surface area contributed by atoms with Gasteiger partial charge in [-0.3, -0.25) is 10.1 Å². The summed E-state index contributed by atoms with van der Waals surface area (Å²) in [5.41, 5.74) is 2.21. The van der Waals surface area contributed by atoms with E-state index in [2.05, 4.69) is 25.7 Å². The van der Waals surface area contributed by atoms with Crippen molar-refractivity contribution in [2.45, 2.75) is 12.8 Å². The van der Waals surface area contributed by atoms with Gasteiger partial charge >= 0.3 is 0 Å². The molecule has 3 aromatic rings. The van der Waals surface area contributed by atoms with E-state index in [0.717, 1.165) is 16.5 Å². The number of hydrogen-bond acceptors (Lipinski definition) is 4. The highest BCUT2D eigenvalue weighted by Crippen LogP contribution is 2.18. The molecule has 0 unspecified atom stereocenters. The summed E-state index contributed by atoms with van der Waals surface area (Å²) in [6.45, 7) is 0. The van der Waals surface area contributed by atoms with Crippen LogP contribution in [0.3, 0.4) is 0 Å². The Balaban J connectivity index is 1.63. The minimum absolute atomic E-state index is 0.122. The largest absolute Gasteiger partial charge is 0.361 e.